The summed E-state index contributed by atoms with van der Waals surface area (Å²) in [5, 5.41) is 10.4. The summed E-state index contributed by atoms with van der Waals surface area (Å²) in [6, 6.07) is 4.27. The van der Waals surface area contributed by atoms with Crippen molar-refractivity contribution < 1.29 is 14.6 Å². The fourth-order valence-electron chi connectivity index (χ4n) is 2.78. The number of aromatic hydroxyl groups is 1. The van der Waals surface area contributed by atoms with Crippen LogP contribution in [0.2, 0.25) is 0 Å². The van der Waals surface area contributed by atoms with Gasteiger partial charge < -0.3 is 9.84 Å². The number of esters is 1. The number of aryl methyl sites for hydroxylation is 1. The molecule has 0 aliphatic carbocycles. The first kappa shape index (κ1) is 19.5. The Morgan fingerprint density at radius 1 is 1.04 bits per heavy atom. The second-order valence-corrected chi connectivity index (χ2v) is 6.80. The molecule has 0 unspecified atom stereocenters. The molecule has 0 aromatic heterocycles. The van der Waals surface area contributed by atoms with Gasteiger partial charge in [0, 0.05) is 6.42 Å². The monoisotopic (exact) mass is 320 g/mol. The van der Waals surface area contributed by atoms with Crippen molar-refractivity contribution in [1.29, 1.82) is 0 Å². The van der Waals surface area contributed by atoms with E-state index in [9.17, 15) is 9.90 Å². The number of carbonyl (C=O) groups excluding carboxylic acids is 1. The quantitative estimate of drug-likeness (QED) is 0.496. The highest BCUT2D eigenvalue weighted by Crippen LogP contribution is 2.35. The summed E-state index contributed by atoms with van der Waals surface area (Å²) >= 11 is 0. The van der Waals surface area contributed by atoms with Crippen LogP contribution in [-0.4, -0.2) is 17.7 Å². The number of hydrogen-bond donors (Lipinski definition) is 1. The molecule has 0 atom stereocenters. The van der Waals surface area contributed by atoms with E-state index in [1.165, 1.54) is 5.56 Å². The maximum atomic E-state index is 11.3. The SMILES string of the molecule is CCOC(=O)CCCCCc1cc(C(C)C)c(O)c(C(C)C)c1. The topological polar surface area (TPSA) is 46.5 Å². The predicted molar refractivity (Wildman–Crippen MR) is 95.1 cm³/mol. The van der Waals surface area contributed by atoms with Crippen LogP contribution in [0.5, 0.6) is 5.75 Å². The standard InChI is InChI=1S/C20H32O3/c1-6-23-19(21)11-9-7-8-10-16-12-17(14(2)3)20(22)18(13-16)15(4)5/h12-15,22H,6-11H2,1-5H3. The number of hydrogen-bond acceptors (Lipinski definition) is 3. The van der Waals surface area contributed by atoms with E-state index in [4.69, 9.17) is 4.74 Å². The first-order chi connectivity index (χ1) is 10.9. The fraction of sp³-hybridized carbons (Fsp3) is 0.650. The maximum absolute atomic E-state index is 11.3. The van der Waals surface area contributed by atoms with Gasteiger partial charge in [-0.3, -0.25) is 4.79 Å². The predicted octanol–water partition coefficient (Wildman–Crippen LogP) is 5.31. The zero-order chi connectivity index (χ0) is 17.4. The third-order valence-corrected chi connectivity index (χ3v) is 4.12. The van der Waals surface area contributed by atoms with Crippen molar-refractivity contribution in [3.05, 3.63) is 28.8 Å². The van der Waals surface area contributed by atoms with Crippen molar-refractivity contribution in [3.63, 3.8) is 0 Å². The van der Waals surface area contributed by atoms with Crippen molar-refractivity contribution in [2.75, 3.05) is 6.61 Å². The van der Waals surface area contributed by atoms with Gasteiger partial charge in [0.2, 0.25) is 0 Å². The van der Waals surface area contributed by atoms with Gasteiger partial charge in [0.05, 0.1) is 6.61 Å². The number of rotatable bonds is 9. The molecule has 1 aromatic rings. The lowest BCUT2D eigenvalue weighted by Gasteiger charge is -2.17. The molecule has 23 heavy (non-hydrogen) atoms. The van der Waals surface area contributed by atoms with Crippen LogP contribution in [0.1, 0.15) is 88.8 Å². The minimum absolute atomic E-state index is 0.0960. The molecule has 1 N–H and O–H groups in total. The molecule has 0 radical (unpaired) electrons. The van der Waals surface area contributed by atoms with Crippen LogP contribution in [0, 0.1) is 0 Å². The highest BCUT2D eigenvalue weighted by molar-refractivity contribution is 5.69. The molecular formula is C20H32O3. The Kier molecular flexibility index (Phi) is 8.15. The fourth-order valence-corrected chi connectivity index (χ4v) is 2.78. The molecule has 0 fully saturated rings. The van der Waals surface area contributed by atoms with Crippen molar-refractivity contribution in [3.8, 4) is 5.75 Å². The summed E-state index contributed by atoms with van der Waals surface area (Å²) in [4.78, 5) is 11.3. The van der Waals surface area contributed by atoms with Gasteiger partial charge in [-0.25, -0.2) is 0 Å². The van der Waals surface area contributed by atoms with Gasteiger partial charge >= 0.3 is 5.97 Å². The van der Waals surface area contributed by atoms with Crippen LogP contribution in [0.25, 0.3) is 0 Å². The minimum atomic E-state index is -0.0960. The second kappa shape index (κ2) is 9.59. The van der Waals surface area contributed by atoms with Crippen LogP contribution in [0.3, 0.4) is 0 Å². The van der Waals surface area contributed by atoms with Crippen molar-refractivity contribution in [2.45, 2.75) is 78.6 Å². The largest absolute Gasteiger partial charge is 0.507 e. The van der Waals surface area contributed by atoms with Crippen LogP contribution in [0.4, 0.5) is 0 Å². The van der Waals surface area contributed by atoms with Gasteiger partial charge in [0.1, 0.15) is 5.75 Å². The maximum Gasteiger partial charge on any atom is 0.305 e. The van der Waals surface area contributed by atoms with Crippen LogP contribution in [-0.2, 0) is 16.0 Å². The molecule has 3 nitrogen and oxygen atoms in total. The zero-order valence-corrected chi connectivity index (χ0v) is 15.3. The summed E-state index contributed by atoms with van der Waals surface area (Å²) in [6.45, 7) is 10.7. The highest BCUT2D eigenvalue weighted by Gasteiger charge is 2.15. The normalized spacial score (nSPS) is 11.3. The number of benzene rings is 1. The van der Waals surface area contributed by atoms with Crippen LogP contribution >= 0.6 is 0 Å². The number of unbranched alkanes of at least 4 members (excludes halogenated alkanes) is 2. The molecular weight excluding hydrogens is 288 g/mol. The second-order valence-electron chi connectivity index (χ2n) is 6.80. The Labute approximate surface area is 141 Å². The van der Waals surface area contributed by atoms with Gasteiger partial charge in [0.15, 0.2) is 0 Å². The lowest BCUT2D eigenvalue weighted by molar-refractivity contribution is -0.143. The van der Waals surface area contributed by atoms with Crippen molar-refractivity contribution >= 4 is 5.97 Å². The van der Waals surface area contributed by atoms with Gasteiger partial charge in [-0.15, -0.1) is 0 Å². The average Bonchev–Trinajstić information content (AvgIpc) is 2.47. The molecule has 130 valence electrons. The van der Waals surface area contributed by atoms with Crippen molar-refractivity contribution in [2.24, 2.45) is 0 Å². The van der Waals surface area contributed by atoms with E-state index in [-0.39, 0.29) is 5.97 Å². The average molecular weight is 320 g/mol. The number of phenolic OH excluding ortho intramolecular Hbond substituents is 1. The van der Waals surface area contributed by atoms with Gasteiger partial charge in [-0.1, -0.05) is 46.2 Å². The Bertz CT molecular complexity index is 475. The van der Waals surface area contributed by atoms with E-state index in [2.05, 4.69) is 39.8 Å². The molecule has 0 aliphatic heterocycles. The summed E-state index contributed by atoms with van der Waals surface area (Å²) in [5.74, 6) is 0.995. The third kappa shape index (κ3) is 6.25. The first-order valence-electron chi connectivity index (χ1n) is 8.88. The van der Waals surface area contributed by atoms with Crippen LogP contribution < -0.4 is 0 Å². The van der Waals surface area contributed by atoms with E-state index < -0.39 is 0 Å². The van der Waals surface area contributed by atoms with Gasteiger partial charge in [0.25, 0.3) is 0 Å². The van der Waals surface area contributed by atoms with Gasteiger partial charge in [-0.05, 0) is 54.7 Å². The van der Waals surface area contributed by atoms with Gasteiger partial charge in [-0.2, -0.15) is 0 Å². The number of carbonyl (C=O) groups is 1. The van der Waals surface area contributed by atoms with E-state index in [0.717, 1.165) is 36.8 Å². The van der Waals surface area contributed by atoms with E-state index in [1.54, 1.807) is 0 Å². The number of phenols is 1. The molecule has 0 saturated carbocycles. The Morgan fingerprint density at radius 2 is 1.61 bits per heavy atom. The smallest absolute Gasteiger partial charge is 0.305 e. The Morgan fingerprint density at radius 3 is 2.09 bits per heavy atom. The Hall–Kier alpha value is -1.51. The molecule has 0 aliphatic rings. The third-order valence-electron chi connectivity index (χ3n) is 4.12. The highest BCUT2D eigenvalue weighted by atomic mass is 16.5. The van der Waals surface area contributed by atoms with E-state index in [0.29, 0.717) is 30.6 Å². The summed E-state index contributed by atoms with van der Waals surface area (Å²) in [6.07, 6.45) is 4.46. The Balaban J connectivity index is 2.61. The lowest BCUT2D eigenvalue weighted by atomic mass is 9.90. The molecule has 0 saturated heterocycles. The molecule has 3 heteroatoms. The molecule has 0 bridgehead atoms. The van der Waals surface area contributed by atoms with Crippen molar-refractivity contribution in [1.82, 2.24) is 0 Å². The summed E-state index contributed by atoms with van der Waals surface area (Å²) in [7, 11) is 0. The van der Waals surface area contributed by atoms with Crippen LogP contribution in [0.15, 0.2) is 12.1 Å². The minimum Gasteiger partial charge on any atom is -0.507 e. The summed E-state index contributed by atoms with van der Waals surface area (Å²) in [5.41, 5.74) is 3.36. The van der Waals surface area contributed by atoms with E-state index in [1.807, 2.05) is 6.92 Å². The summed E-state index contributed by atoms with van der Waals surface area (Å²) < 4.78 is 4.94. The van der Waals surface area contributed by atoms with E-state index >= 15 is 0 Å². The lowest BCUT2D eigenvalue weighted by Crippen LogP contribution is -2.03. The molecule has 0 spiro atoms. The molecule has 1 rings (SSSR count). The molecule has 1 aromatic carbocycles. The molecule has 0 amide bonds. The number of ether oxygens (including phenoxy) is 1. The zero-order valence-electron chi connectivity index (χ0n) is 15.3. The first-order valence-corrected chi connectivity index (χ1v) is 8.88. The molecule has 0 heterocycles.